The molecule has 0 aliphatic rings. The number of hydrogen-bond donors (Lipinski definition) is 2. The second-order valence-electron chi connectivity index (χ2n) is 4.82. The number of benzene rings is 1. The van der Waals surface area contributed by atoms with Gasteiger partial charge in [-0.15, -0.1) is 0 Å². The van der Waals surface area contributed by atoms with E-state index in [1.54, 1.807) is 6.20 Å². The number of anilines is 1. The standard InChI is InChI=1S/C16H15ClN4/c1-11-7-14(10-19-16(11)17)18-8-13-9-20-21-15(13)12-5-3-2-4-6-12/h2-7,9-10,18H,8H2,1H3,(H,20,21). The van der Waals surface area contributed by atoms with Crippen LogP contribution in [0.2, 0.25) is 5.15 Å². The van der Waals surface area contributed by atoms with Crippen molar-refractivity contribution in [2.75, 3.05) is 5.32 Å². The second kappa shape index (κ2) is 5.97. The fraction of sp³-hybridized carbons (Fsp3) is 0.125. The van der Waals surface area contributed by atoms with Crippen molar-refractivity contribution in [3.63, 3.8) is 0 Å². The van der Waals surface area contributed by atoms with Crippen LogP contribution in [0, 0.1) is 6.92 Å². The minimum atomic E-state index is 0.536. The third kappa shape index (κ3) is 3.06. The normalized spacial score (nSPS) is 10.6. The van der Waals surface area contributed by atoms with E-state index in [-0.39, 0.29) is 0 Å². The molecule has 0 spiro atoms. The van der Waals surface area contributed by atoms with Crippen molar-refractivity contribution in [3.8, 4) is 11.3 Å². The fourth-order valence-electron chi connectivity index (χ4n) is 2.15. The van der Waals surface area contributed by atoms with Crippen LogP contribution in [0.15, 0.2) is 48.8 Å². The van der Waals surface area contributed by atoms with Gasteiger partial charge >= 0.3 is 0 Å². The summed E-state index contributed by atoms with van der Waals surface area (Å²) < 4.78 is 0. The molecule has 1 aromatic carbocycles. The summed E-state index contributed by atoms with van der Waals surface area (Å²) in [5, 5.41) is 11.1. The van der Waals surface area contributed by atoms with Crippen molar-refractivity contribution < 1.29 is 0 Å². The molecule has 0 saturated carbocycles. The Morgan fingerprint density at radius 1 is 1.19 bits per heavy atom. The van der Waals surface area contributed by atoms with Gasteiger partial charge in [0.2, 0.25) is 0 Å². The number of aromatic amines is 1. The van der Waals surface area contributed by atoms with Gasteiger partial charge in [0.05, 0.1) is 23.8 Å². The minimum Gasteiger partial charge on any atom is -0.380 e. The van der Waals surface area contributed by atoms with Crippen molar-refractivity contribution in [1.29, 1.82) is 0 Å². The monoisotopic (exact) mass is 298 g/mol. The second-order valence-corrected chi connectivity index (χ2v) is 5.18. The van der Waals surface area contributed by atoms with Crippen molar-refractivity contribution in [3.05, 3.63) is 65.1 Å². The highest BCUT2D eigenvalue weighted by Gasteiger charge is 2.07. The zero-order valence-corrected chi connectivity index (χ0v) is 12.4. The van der Waals surface area contributed by atoms with Crippen molar-refractivity contribution in [2.24, 2.45) is 0 Å². The Hall–Kier alpha value is -2.33. The molecule has 0 aliphatic carbocycles. The lowest BCUT2D eigenvalue weighted by atomic mass is 10.1. The van der Waals surface area contributed by atoms with Gasteiger partial charge in [0, 0.05) is 12.1 Å². The van der Waals surface area contributed by atoms with Gasteiger partial charge in [-0.25, -0.2) is 4.98 Å². The third-order valence-electron chi connectivity index (χ3n) is 3.28. The molecule has 0 radical (unpaired) electrons. The first-order valence-corrected chi connectivity index (χ1v) is 7.05. The largest absolute Gasteiger partial charge is 0.380 e. The van der Waals surface area contributed by atoms with E-state index in [4.69, 9.17) is 11.6 Å². The zero-order valence-electron chi connectivity index (χ0n) is 11.6. The van der Waals surface area contributed by atoms with Crippen molar-refractivity contribution in [2.45, 2.75) is 13.5 Å². The molecule has 0 aliphatic heterocycles. The highest BCUT2D eigenvalue weighted by Crippen LogP contribution is 2.22. The van der Waals surface area contributed by atoms with Gasteiger partial charge in [0.25, 0.3) is 0 Å². The molecule has 0 bridgehead atoms. The SMILES string of the molecule is Cc1cc(NCc2cn[nH]c2-c2ccccc2)cnc1Cl. The highest BCUT2D eigenvalue weighted by atomic mass is 35.5. The Labute approximate surface area is 128 Å². The molecule has 2 aromatic heterocycles. The van der Waals surface area contributed by atoms with E-state index in [1.165, 1.54) is 0 Å². The van der Waals surface area contributed by atoms with Gasteiger partial charge in [-0.1, -0.05) is 41.9 Å². The molecule has 2 heterocycles. The van der Waals surface area contributed by atoms with Crippen LogP contribution in [0.1, 0.15) is 11.1 Å². The topological polar surface area (TPSA) is 53.6 Å². The number of halogens is 1. The fourth-order valence-corrected chi connectivity index (χ4v) is 2.26. The average Bonchev–Trinajstić information content (AvgIpc) is 2.98. The van der Waals surface area contributed by atoms with Crippen LogP contribution in [0.5, 0.6) is 0 Å². The number of rotatable bonds is 4. The Morgan fingerprint density at radius 2 is 2.00 bits per heavy atom. The molecule has 0 amide bonds. The molecule has 4 nitrogen and oxygen atoms in total. The van der Waals surface area contributed by atoms with Crippen LogP contribution in [-0.2, 0) is 6.54 Å². The van der Waals surface area contributed by atoms with E-state index in [0.29, 0.717) is 11.7 Å². The number of nitrogens with zero attached hydrogens (tertiary/aromatic N) is 2. The lowest BCUT2D eigenvalue weighted by Gasteiger charge is -2.08. The van der Waals surface area contributed by atoms with Crippen LogP contribution in [-0.4, -0.2) is 15.2 Å². The molecule has 0 fully saturated rings. The maximum Gasteiger partial charge on any atom is 0.132 e. The molecule has 0 saturated heterocycles. The summed E-state index contributed by atoms with van der Waals surface area (Å²) in [6.45, 7) is 2.61. The molecule has 106 valence electrons. The minimum absolute atomic E-state index is 0.536. The Balaban J connectivity index is 1.77. The first kappa shape index (κ1) is 13.6. The lowest BCUT2D eigenvalue weighted by Crippen LogP contribution is -2.01. The maximum absolute atomic E-state index is 5.93. The summed E-state index contributed by atoms with van der Waals surface area (Å²) >= 11 is 5.93. The Kier molecular flexibility index (Phi) is 3.88. The molecule has 0 unspecified atom stereocenters. The smallest absolute Gasteiger partial charge is 0.132 e. The Morgan fingerprint density at radius 3 is 2.76 bits per heavy atom. The summed E-state index contributed by atoms with van der Waals surface area (Å²) in [5.41, 5.74) is 5.15. The number of aryl methyl sites for hydroxylation is 1. The van der Waals surface area contributed by atoms with E-state index >= 15 is 0 Å². The highest BCUT2D eigenvalue weighted by molar-refractivity contribution is 6.30. The molecular weight excluding hydrogens is 284 g/mol. The summed E-state index contributed by atoms with van der Waals surface area (Å²) in [6, 6.07) is 12.1. The van der Waals surface area contributed by atoms with Gasteiger partial charge in [-0.2, -0.15) is 5.10 Å². The number of pyridine rings is 1. The molecule has 5 heteroatoms. The number of aromatic nitrogens is 3. The van der Waals surface area contributed by atoms with Gasteiger partial charge in [-0.05, 0) is 24.1 Å². The number of H-pyrrole nitrogens is 1. The predicted octanol–water partition coefficient (Wildman–Crippen LogP) is 4.05. The number of hydrogen-bond acceptors (Lipinski definition) is 3. The molecule has 2 N–H and O–H groups in total. The summed E-state index contributed by atoms with van der Waals surface area (Å²) in [7, 11) is 0. The maximum atomic E-state index is 5.93. The van der Waals surface area contributed by atoms with E-state index in [0.717, 1.165) is 28.1 Å². The van der Waals surface area contributed by atoms with Crippen LogP contribution < -0.4 is 5.32 Å². The average molecular weight is 299 g/mol. The van der Waals surface area contributed by atoms with Crippen molar-refractivity contribution in [1.82, 2.24) is 15.2 Å². The van der Waals surface area contributed by atoms with Crippen LogP contribution in [0.25, 0.3) is 11.3 Å². The lowest BCUT2D eigenvalue weighted by molar-refractivity contribution is 1.10. The van der Waals surface area contributed by atoms with Crippen molar-refractivity contribution >= 4 is 17.3 Å². The Bertz CT molecular complexity index is 737. The molecular formula is C16H15ClN4. The molecule has 0 atom stereocenters. The third-order valence-corrected chi connectivity index (χ3v) is 3.67. The van der Waals surface area contributed by atoms with Gasteiger partial charge in [0.1, 0.15) is 5.15 Å². The van der Waals surface area contributed by atoms with E-state index in [9.17, 15) is 0 Å². The van der Waals surface area contributed by atoms with E-state index in [2.05, 4.69) is 32.6 Å². The van der Waals surface area contributed by atoms with Gasteiger partial charge < -0.3 is 5.32 Å². The van der Waals surface area contributed by atoms with Crippen LogP contribution >= 0.6 is 11.6 Å². The van der Waals surface area contributed by atoms with E-state index in [1.807, 2.05) is 37.4 Å². The quantitative estimate of drug-likeness (QED) is 0.715. The van der Waals surface area contributed by atoms with Gasteiger partial charge in [-0.3, -0.25) is 5.10 Å². The summed E-state index contributed by atoms with van der Waals surface area (Å²) in [4.78, 5) is 4.14. The van der Waals surface area contributed by atoms with Gasteiger partial charge in [0.15, 0.2) is 0 Å². The van der Waals surface area contributed by atoms with E-state index < -0.39 is 0 Å². The van der Waals surface area contributed by atoms with Crippen LogP contribution in [0.4, 0.5) is 5.69 Å². The first-order chi connectivity index (χ1) is 10.2. The molecule has 21 heavy (non-hydrogen) atoms. The number of nitrogens with one attached hydrogen (secondary N) is 2. The zero-order chi connectivity index (χ0) is 14.7. The first-order valence-electron chi connectivity index (χ1n) is 6.68. The summed E-state index contributed by atoms with van der Waals surface area (Å²) in [6.07, 6.45) is 3.57. The van der Waals surface area contributed by atoms with Crippen LogP contribution in [0.3, 0.4) is 0 Å². The molecule has 3 rings (SSSR count). The predicted molar refractivity (Wildman–Crippen MR) is 85.3 cm³/mol. The molecule has 3 aromatic rings. The summed E-state index contributed by atoms with van der Waals surface area (Å²) in [5.74, 6) is 0.